The third kappa shape index (κ3) is 5.03. The Balaban J connectivity index is 2.14. The Labute approximate surface area is 143 Å². The van der Waals surface area contributed by atoms with Crippen molar-refractivity contribution in [2.45, 2.75) is 20.8 Å². The van der Waals surface area contributed by atoms with Crippen LogP contribution in [0.2, 0.25) is 0 Å². The number of aryl methyl sites for hydroxylation is 3. The normalized spacial score (nSPS) is 10.8. The van der Waals surface area contributed by atoms with Crippen molar-refractivity contribution in [2.24, 2.45) is 0 Å². The molecule has 0 aliphatic heterocycles. The molecule has 1 heterocycles. The fraction of sp³-hybridized carbons (Fsp3) is 0.389. The summed E-state index contributed by atoms with van der Waals surface area (Å²) in [4.78, 5) is 23.0. The first-order chi connectivity index (χ1) is 11.3. The largest absolute Gasteiger partial charge is 0.349 e. The highest BCUT2D eigenvalue weighted by atomic mass is 16.1. The Kier molecular flexibility index (Phi) is 5.87. The third-order valence-corrected chi connectivity index (χ3v) is 3.56. The second kappa shape index (κ2) is 7.88. The van der Waals surface area contributed by atoms with Crippen molar-refractivity contribution in [1.82, 2.24) is 20.2 Å². The van der Waals surface area contributed by atoms with Crippen LogP contribution in [0.25, 0.3) is 0 Å². The van der Waals surface area contributed by atoms with Gasteiger partial charge in [0.1, 0.15) is 5.69 Å². The molecule has 1 aromatic carbocycles. The van der Waals surface area contributed by atoms with Gasteiger partial charge in [0.05, 0.1) is 0 Å². The lowest BCUT2D eigenvalue weighted by Crippen LogP contribution is -2.32. The minimum Gasteiger partial charge on any atom is -0.349 e. The molecule has 1 amide bonds. The number of likely N-dealkylation sites (N-methyl/N-ethyl adjacent to an activating group) is 1. The Bertz CT molecular complexity index is 727. The number of aromatic nitrogens is 2. The summed E-state index contributed by atoms with van der Waals surface area (Å²) in [5, 5.41) is 6.07. The van der Waals surface area contributed by atoms with Gasteiger partial charge in [0, 0.05) is 24.5 Å². The molecule has 0 atom stereocenters. The Morgan fingerprint density at radius 2 is 1.88 bits per heavy atom. The summed E-state index contributed by atoms with van der Waals surface area (Å²) in [5.41, 5.74) is 4.36. The molecule has 0 saturated heterocycles. The molecule has 0 saturated carbocycles. The maximum atomic E-state index is 12.2. The fourth-order valence-corrected chi connectivity index (χ4v) is 2.30. The number of amides is 1. The molecule has 0 aliphatic carbocycles. The van der Waals surface area contributed by atoms with Crippen LogP contribution in [0.15, 0.2) is 24.3 Å². The van der Waals surface area contributed by atoms with Crippen LogP contribution >= 0.6 is 0 Å². The molecule has 24 heavy (non-hydrogen) atoms. The Morgan fingerprint density at radius 1 is 1.12 bits per heavy atom. The second-order valence-corrected chi connectivity index (χ2v) is 6.22. The van der Waals surface area contributed by atoms with Gasteiger partial charge in [-0.3, -0.25) is 4.79 Å². The smallest absolute Gasteiger partial charge is 0.270 e. The summed E-state index contributed by atoms with van der Waals surface area (Å²) in [5.74, 6) is 0.241. The van der Waals surface area contributed by atoms with Crippen molar-refractivity contribution in [1.29, 1.82) is 0 Å². The zero-order chi connectivity index (χ0) is 17.7. The number of hydrogen-bond donors (Lipinski definition) is 2. The van der Waals surface area contributed by atoms with E-state index in [4.69, 9.17) is 0 Å². The van der Waals surface area contributed by atoms with E-state index in [1.165, 1.54) is 5.56 Å². The van der Waals surface area contributed by atoms with Crippen LogP contribution in [0.1, 0.15) is 27.3 Å². The van der Waals surface area contributed by atoms with Crippen molar-refractivity contribution < 1.29 is 4.79 Å². The van der Waals surface area contributed by atoms with E-state index < -0.39 is 0 Å². The van der Waals surface area contributed by atoms with Gasteiger partial charge in [0.2, 0.25) is 5.95 Å². The topological polar surface area (TPSA) is 70.2 Å². The quantitative estimate of drug-likeness (QED) is 0.853. The van der Waals surface area contributed by atoms with Crippen LogP contribution in [-0.4, -0.2) is 48.0 Å². The summed E-state index contributed by atoms with van der Waals surface area (Å²) in [6, 6.07) is 7.80. The van der Waals surface area contributed by atoms with E-state index in [1.807, 2.05) is 45.0 Å². The molecule has 2 rings (SSSR count). The number of rotatable bonds is 6. The van der Waals surface area contributed by atoms with Crippen LogP contribution in [0.3, 0.4) is 0 Å². The van der Waals surface area contributed by atoms with E-state index in [0.29, 0.717) is 18.2 Å². The molecular weight excluding hydrogens is 302 g/mol. The number of nitrogens with zero attached hydrogens (tertiary/aromatic N) is 3. The molecule has 0 radical (unpaired) electrons. The number of anilines is 2. The SMILES string of the molecule is Cc1ccc(Nc2nc(C)cc(C(=O)NCCN(C)C)n2)c(C)c1. The number of benzene rings is 1. The fourth-order valence-electron chi connectivity index (χ4n) is 2.30. The zero-order valence-electron chi connectivity index (χ0n) is 15.0. The number of carbonyl (C=O) groups excluding carboxylic acids is 1. The van der Waals surface area contributed by atoms with E-state index >= 15 is 0 Å². The monoisotopic (exact) mass is 327 g/mol. The van der Waals surface area contributed by atoms with Crippen molar-refractivity contribution in [3.8, 4) is 0 Å². The van der Waals surface area contributed by atoms with E-state index in [-0.39, 0.29) is 5.91 Å². The van der Waals surface area contributed by atoms with Gasteiger partial charge in [-0.25, -0.2) is 9.97 Å². The summed E-state index contributed by atoms with van der Waals surface area (Å²) in [7, 11) is 3.93. The lowest BCUT2D eigenvalue weighted by molar-refractivity contribution is 0.0946. The van der Waals surface area contributed by atoms with Crippen molar-refractivity contribution in [3.05, 3.63) is 46.8 Å². The molecule has 0 unspecified atom stereocenters. The van der Waals surface area contributed by atoms with E-state index in [1.54, 1.807) is 6.07 Å². The molecule has 2 aromatic rings. The van der Waals surface area contributed by atoms with Gasteiger partial charge in [0.25, 0.3) is 5.91 Å². The van der Waals surface area contributed by atoms with E-state index in [0.717, 1.165) is 23.5 Å². The highest BCUT2D eigenvalue weighted by molar-refractivity contribution is 5.92. The maximum absolute atomic E-state index is 12.2. The molecule has 128 valence electrons. The predicted molar refractivity (Wildman–Crippen MR) is 96.9 cm³/mol. The molecule has 0 spiro atoms. The van der Waals surface area contributed by atoms with Gasteiger partial charge >= 0.3 is 0 Å². The molecular formula is C18H25N5O. The minimum absolute atomic E-state index is 0.189. The van der Waals surface area contributed by atoms with Crippen molar-refractivity contribution in [3.63, 3.8) is 0 Å². The average Bonchev–Trinajstić information content (AvgIpc) is 2.49. The zero-order valence-corrected chi connectivity index (χ0v) is 15.0. The number of nitrogens with one attached hydrogen (secondary N) is 2. The molecule has 0 fully saturated rings. The van der Waals surface area contributed by atoms with Gasteiger partial charge in [0.15, 0.2) is 0 Å². The number of hydrogen-bond acceptors (Lipinski definition) is 5. The van der Waals surface area contributed by atoms with Crippen molar-refractivity contribution >= 4 is 17.5 Å². The lowest BCUT2D eigenvalue weighted by Gasteiger charge is -2.12. The lowest BCUT2D eigenvalue weighted by atomic mass is 10.1. The molecule has 6 heteroatoms. The van der Waals surface area contributed by atoms with Gasteiger partial charge in [-0.15, -0.1) is 0 Å². The van der Waals surface area contributed by atoms with Crippen LogP contribution < -0.4 is 10.6 Å². The Hall–Kier alpha value is -2.47. The van der Waals surface area contributed by atoms with Crippen LogP contribution in [-0.2, 0) is 0 Å². The van der Waals surface area contributed by atoms with Crippen LogP contribution in [0.5, 0.6) is 0 Å². The Morgan fingerprint density at radius 3 is 2.54 bits per heavy atom. The van der Waals surface area contributed by atoms with Crippen LogP contribution in [0, 0.1) is 20.8 Å². The predicted octanol–water partition coefficient (Wildman–Crippen LogP) is 2.44. The van der Waals surface area contributed by atoms with E-state index in [2.05, 4.69) is 33.6 Å². The summed E-state index contributed by atoms with van der Waals surface area (Å²) in [6.45, 7) is 7.29. The molecule has 0 bridgehead atoms. The van der Waals surface area contributed by atoms with Crippen molar-refractivity contribution in [2.75, 3.05) is 32.5 Å². The first-order valence-electron chi connectivity index (χ1n) is 7.98. The molecule has 1 aromatic heterocycles. The summed E-state index contributed by atoms with van der Waals surface area (Å²) >= 11 is 0. The third-order valence-electron chi connectivity index (χ3n) is 3.56. The van der Waals surface area contributed by atoms with Gasteiger partial charge in [-0.2, -0.15) is 0 Å². The minimum atomic E-state index is -0.189. The molecule has 6 nitrogen and oxygen atoms in total. The molecule has 2 N–H and O–H groups in total. The first-order valence-corrected chi connectivity index (χ1v) is 7.98. The highest BCUT2D eigenvalue weighted by Crippen LogP contribution is 2.19. The van der Waals surface area contributed by atoms with Gasteiger partial charge in [-0.05, 0) is 52.6 Å². The number of carbonyl (C=O) groups is 1. The standard InChI is InChI=1S/C18H25N5O/c1-12-6-7-15(13(2)10-12)21-18-20-14(3)11-16(22-18)17(24)19-8-9-23(4)5/h6-7,10-11H,8-9H2,1-5H3,(H,19,24)(H,20,21,22). The highest BCUT2D eigenvalue weighted by Gasteiger charge is 2.11. The summed E-state index contributed by atoms with van der Waals surface area (Å²) in [6.07, 6.45) is 0. The first kappa shape index (κ1) is 17.9. The maximum Gasteiger partial charge on any atom is 0.270 e. The van der Waals surface area contributed by atoms with Gasteiger partial charge < -0.3 is 15.5 Å². The molecule has 0 aliphatic rings. The second-order valence-electron chi connectivity index (χ2n) is 6.22. The van der Waals surface area contributed by atoms with E-state index in [9.17, 15) is 4.79 Å². The van der Waals surface area contributed by atoms with Crippen LogP contribution in [0.4, 0.5) is 11.6 Å². The summed E-state index contributed by atoms with van der Waals surface area (Å²) < 4.78 is 0. The van der Waals surface area contributed by atoms with Gasteiger partial charge in [-0.1, -0.05) is 17.7 Å². The average molecular weight is 327 g/mol.